The molecule has 3 N–H and O–H groups in total. The number of aliphatic carboxylic acids is 2. The van der Waals surface area contributed by atoms with Crippen LogP contribution in [-0.4, -0.2) is 70.9 Å². The number of hydrogen-bond donors (Lipinski definition) is 3. The highest BCUT2D eigenvalue weighted by atomic mass is 32.2. The average molecular weight is 610 g/mol. The lowest BCUT2D eigenvalue weighted by Crippen LogP contribution is -2.37. The van der Waals surface area contributed by atoms with Crippen LogP contribution in [0.2, 0.25) is 0 Å². The number of nitrogens with zero attached hydrogens (tertiary/aromatic N) is 2. The van der Waals surface area contributed by atoms with Gasteiger partial charge in [0.25, 0.3) is 10.0 Å². The molecule has 16 heteroatoms. The van der Waals surface area contributed by atoms with E-state index in [-0.39, 0.29) is 0 Å². The van der Waals surface area contributed by atoms with Gasteiger partial charge in [-0.2, -0.15) is 26.3 Å². The van der Waals surface area contributed by atoms with Crippen LogP contribution in [0.5, 0.6) is 0 Å². The maximum Gasteiger partial charge on any atom is 0.490 e. The Morgan fingerprint density at radius 1 is 0.878 bits per heavy atom. The van der Waals surface area contributed by atoms with Gasteiger partial charge in [0, 0.05) is 37.3 Å². The van der Waals surface area contributed by atoms with Gasteiger partial charge in [-0.05, 0) is 48.7 Å². The Hall–Kier alpha value is -3.63. The topological polar surface area (TPSA) is 129 Å². The standard InChI is InChI=1S/C21H23N3O2S.2C2HF3O2/c25-27(26,19-8-2-1-3-9-19)24-14-17-13-23(15-18-7-5-11-22-18)12-16-6-4-10-20(24)21(16)17;2*3-2(4,5)1(6)7/h1-4,6,8-10,14,18,22H,5,7,11-13,15H2;2*(H,6,7). The van der Waals surface area contributed by atoms with Crippen LogP contribution in [-0.2, 0) is 32.7 Å². The SMILES string of the molecule is O=C(O)C(F)(F)F.O=C(O)C(F)(F)F.O=S(=O)(c1ccccc1)n1cc2c3c(cccc31)CN(CC1CCCN1)C2. The van der Waals surface area contributed by atoms with Gasteiger partial charge in [-0.15, -0.1) is 0 Å². The fourth-order valence-electron chi connectivity index (χ4n) is 4.46. The van der Waals surface area contributed by atoms with Crippen LogP contribution in [0.1, 0.15) is 24.0 Å². The van der Waals surface area contributed by atoms with Crippen molar-refractivity contribution in [3.05, 3.63) is 65.9 Å². The number of hydrogen-bond acceptors (Lipinski definition) is 6. The van der Waals surface area contributed by atoms with E-state index in [0.29, 0.717) is 10.9 Å². The van der Waals surface area contributed by atoms with E-state index in [2.05, 4.69) is 16.3 Å². The zero-order valence-corrected chi connectivity index (χ0v) is 21.9. The molecule has 224 valence electrons. The van der Waals surface area contributed by atoms with Crippen molar-refractivity contribution < 1.29 is 54.6 Å². The molecule has 1 aromatic heterocycles. The van der Waals surface area contributed by atoms with Crippen molar-refractivity contribution >= 4 is 32.9 Å². The van der Waals surface area contributed by atoms with Crippen LogP contribution in [0.25, 0.3) is 10.9 Å². The van der Waals surface area contributed by atoms with Gasteiger partial charge in [0.15, 0.2) is 0 Å². The highest BCUT2D eigenvalue weighted by Crippen LogP contribution is 2.34. The molecule has 1 unspecified atom stereocenters. The average Bonchev–Trinajstić information content (AvgIpc) is 3.53. The molecule has 1 fully saturated rings. The van der Waals surface area contributed by atoms with E-state index in [1.54, 1.807) is 24.3 Å². The van der Waals surface area contributed by atoms with E-state index in [0.717, 1.165) is 42.6 Å². The Morgan fingerprint density at radius 2 is 1.44 bits per heavy atom. The molecule has 0 saturated carbocycles. The predicted octanol–water partition coefficient (Wildman–Crippen LogP) is 4.21. The quantitative estimate of drug-likeness (QED) is 0.376. The lowest BCUT2D eigenvalue weighted by Gasteiger charge is -2.29. The summed E-state index contributed by atoms with van der Waals surface area (Å²) >= 11 is 0. The van der Waals surface area contributed by atoms with E-state index in [1.807, 2.05) is 24.4 Å². The lowest BCUT2D eigenvalue weighted by molar-refractivity contribution is -0.193. The third-order valence-electron chi connectivity index (χ3n) is 6.17. The fraction of sp³-hybridized carbons (Fsp3) is 0.360. The lowest BCUT2D eigenvalue weighted by atomic mass is 10.0. The first kappa shape index (κ1) is 31.9. The molecule has 0 radical (unpaired) electrons. The summed E-state index contributed by atoms with van der Waals surface area (Å²) in [7, 11) is -3.60. The Morgan fingerprint density at radius 3 is 1.95 bits per heavy atom. The number of halogens is 6. The molecule has 5 rings (SSSR count). The summed E-state index contributed by atoms with van der Waals surface area (Å²) in [6, 6.07) is 15.2. The van der Waals surface area contributed by atoms with E-state index < -0.39 is 34.3 Å². The van der Waals surface area contributed by atoms with Crippen LogP contribution in [0.4, 0.5) is 26.3 Å². The first-order chi connectivity index (χ1) is 19.0. The van der Waals surface area contributed by atoms with Crippen molar-refractivity contribution in [1.82, 2.24) is 14.2 Å². The van der Waals surface area contributed by atoms with Crippen LogP contribution in [0, 0.1) is 0 Å². The van der Waals surface area contributed by atoms with Gasteiger partial charge < -0.3 is 15.5 Å². The predicted molar refractivity (Wildman–Crippen MR) is 133 cm³/mol. The van der Waals surface area contributed by atoms with Gasteiger partial charge in [0.1, 0.15) is 0 Å². The Labute approximate surface area is 230 Å². The summed E-state index contributed by atoms with van der Waals surface area (Å²) in [5, 5.41) is 18.9. The van der Waals surface area contributed by atoms with Crippen molar-refractivity contribution in [2.75, 3.05) is 13.1 Å². The highest BCUT2D eigenvalue weighted by Gasteiger charge is 2.39. The van der Waals surface area contributed by atoms with Gasteiger partial charge in [-0.1, -0.05) is 30.3 Å². The third-order valence-corrected chi connectivity index (χ3v) is 7.86. The van der Waals surface area contributed by atoms with E-state index >= 15 is 0 Å². The first-order valence-electron chi connectivity index (χ1n) is 12.0. The molecule has 0 bridgehead atoms. The molecule has 0 amide bonds. The number of carboxylic acid groups (broad SMARTS) is 2. The molecule has 2 aliphatic heterocycles. The molecule has 3 heterocycles. The zero-order chi connectivity index (χ0) is 30.6. The summed E-state index contributed by atoms with van der Waals surface area (Å²) in [6.45, 7) is 3.78. The monoisotopic (exact) mass is 609 g/mol. The molecule has 0 spiro atoms. The molecule has 1 atom stereocenters. The minimum Gasteiger partial charge on any atom is -0.475 e. The molecule has 2 aromatic carbocycles. The van der Waals surface area contributed by atoms with E-state index in [1.165, 1.54) is 22.4 Å². The van der Waals surface area contributed by atoms with Crippen LogP contribution in [0.15, 0.2) is 59.6 Å². The normalized spacial score (nSPS) is 17.3. The van der Waals surface area contributed by atoms with Crippen molar-refractivity contribution in [2.24, 2.45) is 0 Å². The van der Waals surface area contributed by atoms with Crippen molar-refractivity contribution in [1.29, 1.82) is 0 Å². The second-order valence-electron chi connectivity index (χ2n) is 9.15. The number of benzene rings is 2. The molecule has 9 nitrogen and oxygen atoms in total. The minimum absolute atomic E-state index is 0.324. The number of carboxylic acids is 2. The molecular formula is C25H25F6N3O6S. The number of rotatable bonds is 4. The maximum absolute atomic E-state index is 13.2. The number of alkyl halides is 6. The van der Waals surface area contributed by atoms with Crippen LogP contribution in [0.3, 0.4) is 0 Å². The van der Waals surface area contributed by atoms with Gasteiger partial charge in [0.2, 0.25) is 0 Å². The third kappa shape index (κ3) is 7.98. The highest BCUT2D eigenvalue weighted by molar-refractivity contribution is 7.90. The molecule has 3 aromatic rings. The van der Waals surface area contributed by atoms with Crippen molar-refractivity contribution in [3.8, 4) is 0 Å². The van der Waals surface area contributed by atoms with Crippen LogP contribution < -0.4 is 5.32 Å². The van der Waals surface area contributed by atoms with Gasteiger partial charge in [0.05, 0.1) is 10.4 Å². The molecule has 2 aliphatic rings. The smallest absolute Gasteiger partial charge is 0.475 e. The summed E-state index contributed by atoms with van der Waals surface area (Å²) in [4.78, 5) is 20.5. The fourth-order valence-corrected chi connectivity index (χ4v) is 5.87. The van der Waals surface area contributed by atoms with Crippen LogP contribution >= 0.6 is 0 Å². The molecular weight excluding hydrogens is 584 g/mol. The summed E-state index contributed by atoms with van der Waals surface area (Å²) in [5.74, 6) is -5.51. The van der Waals surface area contributed by atoms with Gasteiger partial charge >= 0.3 is 24.3 Å². The Balaban J connectivity index is 0.000000276. The van der Waals surface area contributed by atoms with Gasteiger partial charge in [-0.25, -0.2) is 22.0 Å². The largest absolute Gasteiger partial charge is 0.490 e. The molecule has 41 heavy (non-hydrogen) atoms. The Bertz CT molecular complexity index is 1460. The van der Waals surface area contributed by atoms with Gasteiger partial charge in [-0.3, -0.25) is 4.90 Å². The number of aromatic nitrogens is 1. The second-order valence-corrected chi connectivity index (χ2v) is 11.0. The molecule has 1 saturated heterocycles. The maximum atomic E-state index is 13.2. The minimum atomic E-state index is -5.08. The second kappa shape index (κ2) is 12.5. The first-order valence-corrected chi connectivity index (χ1v) is 13.4. The summed E-state index contributed by atoms with van der Waals surface area (Å²) < 4.78 is 91.4. The zero-order valence-electron chi connectivity index (χ0n) is 21.1. The molecule has 0 aliphatic carbocycles. The van der Waals surface area contributed by atoms with Crippen molar-refractivity contribution in [3.63, 3.8) is 0 Å². The number of carbonyl (C=O) groups is 2. The summed E-state index contributed by atoms with van der Waals surface area (Å²) in [6.07, 6.45) is -5.88. The van der Waals surface area contributed by atoms with Crippen molar-refractivity contribution in [2.45, 2.75) is 49.2 Å². The summed E-state index contributed by atoms with van der Waals surface area (Å²) in [5.41, 5.74) is 3.10. The Kier molecular flexibility index (Phi) is 9.71. The van der Waals surface area contributed by atoms with E-state index in [4.69, 9.17) is 19.8 Å². The number of nitrogens with one attached hydrogen (secondary N) is 1. The van der Waals surface area contributed by atoms with E-state index in [9.17, 15) is 34.8 Å².